The van der Waals surface area contributed by atoms with Crippen molar-refractivity contribution in [2.45, 2.75) is 12.5 Å². The summed E-state index contributed by atoms with van der Waals surface area (Å²) in [7, 11) is 0. The minimum atomic E-state index is -0.342. The summed E-state index contributed by atoms with van der Waals surface area (Å²) in [5.41, 5.74) is 1.89. The van der Waals surface area contributed by atoms with Crippen LogP contribution in [0.5, 0.6) is 0 Å². The first-order chi connectivity index (χ1) is 15.1. The summed E-state index contributed by atoms with van der Waals surface area (Å²) in [5.74, 6) is -0.417. The minimum Gasteiger partial charge on any atom is -0.369 e. The smallest absolute Gasteiger partial charge is 0.315 e. The molecule has 2 heterocycles. The maximum atomic E-state index is 13.1. The second kappa shape index (κ2) is 9.78. The van der Waals surface area contributed by atoms with Crippen LogP contribution in [0.25, 0.3) is 0 Å². The SMILES string of the molecule is O=C(NCCN1CCN(c2ccccc2)CC1)N[C@H]1CC(=O)N(c2ccc(F)cc2)C1. The van der Waals surface area contributed by atoms with Gasteiger partial charge in [-0.15, -0.1) is 0 Å². The number of carbonyl (C=O) groups is 2. The molecular weight excluding hydrogens is 397 g/mol. The van der Waals surface area contributed by atoms with Crippen LogP contribution in [0.3, 0.4) is 0 Å². The number of amides is 3. The van der Waals surface area contributed by atoms with Crippen LogP contribution in [0.1, 0.15) is 6.42 Å². The van der Waals surface area contributed by atoms with Gasteiger partial charge in [0.1, 0.15) is 5.82 Å². The highest BCUT2D eigenvalue weighted by Crippen LogP contribution is 2.21. The van der Waals surface area contributed by atoms with Gasteiger partial charge in [0.15, 0.2) is 0 Å². The van der Waals surface area contributed by atoms with E-state index < -0.39 is 0 Å². The third-order valence-corrected chi connectivity index (χ3v) is 5.81. The van der Waals surface area contributed by atoms with E-state index in [4.69, 9.17) is 0 Å². The molecule has 0 saturated carbocycles. The molecule has 0 spiro atoms. The standard InChI is InChI=1S/C23H28FN5O2/c24-18-6-8-21(9-7-18)29-17-19(16-22(29)30)26-23(31)25-10-11-27-12-14-28(15-13-27)20-4-2-1-3-5-20/h1-9,19H,10-17H2,(H2,25,26,31)/t19-/m0/s1. The lowest BCUT2D eigenvalue weighted by molar-refractivity contribution is -0.117. The van der Waals surface area contributed by atoms with Crippen LogP contribution in [0.15, 0.2) is 54.6 Å². The number of anilines is 2. The highest BCUT2D eigenvalue weighted by atomic mass is 19.1. The summed E-state index contributed by atoms with van der Waals surface area (Å²) in [4.78, 5) is 30.8. The molecule has 2 saturated heterocycles. The molecule has 2 aliphatic heterocycles. The highest BCUT2D eigenvalue weighted by Gasteiger charge is 2.31. The van der Waals surface area contributed by atoms with Crippen molar-refractivity contribution in [1.82, 2.24) is 15.5 Å². The number of piperazine rings is 1. The van der Waals surface area contributed by atoms with Crippen molar-refractivity contribution in [3.63, 3.8) is 0 Å². The van der Waals surface area contributed by atoms with Crippen molar-refractivity contribution in [2.24, 2.45) is 0 Å². The molecule has 0 unspecified atom stereocenters. The molecule has 2 aromatic carbocycles. The molecule has 1 atom stereocenters. The molecule has 0 aromatic heterocycles. The number of nitrogens with one attached hydrogen (secondary N) is 2. The number of halogens is 1. The Morgan fingerprint density at radius 1 is 0.968 bits per heavy atom. The molecule has 4 rings (SSSR count). The first-order valence-corrected chi connectivity index (χ1v) is 10.7. The summed E-state index contributed by atoms with van der Waals surface area (Å²) in [5, 5.41) is 5.77. The van der Waals surface area contributed by atoms with Gasteiger partial charge in [-0.3, -0.25) is 9.69 Å². The van der Waals surface area contributed by atoms with Crippen molar-refractivity contribution < 1.29 is 14.0 Å². The van der Waals surface area contributed by atoms with Gasteiger partial charge in [-0.1, -0.05) is 18.2 Å². The molecule has 3 amide bonds. The van der Waals surface area contributed by atoms with Crippen LogP contribution in [0.2, 0.25) is 0 Å². The van der Waals surface area contributed by atoms with Crippen molar-refractivity contribution in [3.8, 4) is 0 Å². The van der Waals surface area contributed by atoms with Gasteiger partial charge in [-0.25, -0.2) is 9.18 Å². The summed E-state index contributed by atoms with van der Waals surface area (Å²) in [6, 6.07) is 15.7. The first kappa shape index (κ1) is 21.1. The molecule has 31 heavy (non-hydrogen) atoms. The Kier molecular flexibility index (Phi) is 6.66. The Balaban J connectivity index is 1.15. The molecule has 2 fully saturated rings. The Morgan fingerprint density at radius 3 is 2.39 bits per heavy atom. The predicted octanol–water partition coefficient (Wildman–Crippen LogP) is 2.05. The van der Waals surface area contributed by atoms with Gasteiger partial charge in [0.2, 0.25) is 5.91 Å². The van der Waals surface area contributed by atoms with Crippen molar-refractivity contribution >= 4 is 23.3 Å². The lowest BCUT2D eigenvalue weighted by Crippen LogP contribution is -2.50. The molecule has 8 heteroatoms. The van der Waals surface area contributed by atoms with Gasteiger partial charge < -0.3 is 20.4 Å². The number of urea groups is 1. The molecular formula is C23H28FN5O2. The Hall–Kier alpha value is -3.13. The van der Waals surface area contributed by atoms with Gasteiger partial charge >= 0.3 is 6.03 Å². The van der Waals surface area contributed by atoms with Crippen LogP contribution >= 0.6 is 0 Å². The summed E-state index contributed by atoms with van der Waals surface area (Å²) >= 11 is 0. The zero-order chi connectivity index (χ0) is 21.6. The van der Waals surface area contributed by atoms with Crippen molar-refractivity contribution in [1.29, 1.82) is 0 Å². The number of rotatable bonds is 6. The largest absolute Gasteiger partial charge is 0.369 e. The van der Waals surface area contributed by atoms with E-state index in [1.165, 1.54) is 17.8 Å². The number of hydrogen-bond acceptors (Lipinski definition) is 4. The van der Waals surface area contributed by atoms with Crippen molar-refractivity contribution in [3.05, 3.63) is 60.4 Å². The summed E-state index contributed by atoms with van der Waals surface area (Å²) < 4.78 is 13.1. The number of hydrogen-bond donors (Lipinski definition) is 2. The first-order valence-electron chi connectivity index (χ1n) is 10.7. The molecule has 0 bridgehead atoms. The van der Waals surface area contributed by atoms with E-state index in [0.29, 0.717) is 18.8 Å². The van der Waals surface area contributed by atoms with E-state index in [0.717, 1.165) is 32.7 Å². The maximum Gasteiger partial charge on any atom is 0.315 e. The molecule has 2 aliphatic rings. The second-order valence-corrected chi connectivity index (χ2v) is 7.95. The lowest BCUT2D eigenvalue weighted by Gasteiger charge is -2.36. The topological polar surface area (TPSA) is 67.9 Å². The van der Waals surface area contributed by atoms with E-state index in [1.807, 2.05) is 6.07 Å². The Morgan fingerprint density at radius 2 is 1.68 bits per heavy atom. The fourth-order valence-corrected chi connectivity index (χ4v) is 4.11. The minimum absolute atomic E-state index is 0.0757. The van der Waals surface area contributed by atoms with E-state index in [9.17, 15) is 14.0 Å². The van der Waals surface area contributed by atoms with Gasteiger partial charge in [0.25, 0.3) is 0 Å². The summed E-state index contributed by atoms with van der Waals surface area (Å²) in [6.45, 7) is 5.60. The van der Waals surface area contributed by atoms with Crippen LogP contribution in [0, 0.1) is 5.82 Å². The van der Waals surface area contributed by atoms with E-state index in [-0.39, 0.29) is 30.2 Å². The molecule has 7 nitrogen and oxygen atoms in total. The van der Waals surface area contributed by atoms with Crippen molar-refractivity contribution in [2.75, 3.05) is 55.6 Å². The number of para-hydroxylation sites is 1. The third-order valence-electron chi connectivity index (χ3n) is 5.81. The molecule has 164 valence electrons. The van der Waals surface area contributed by atoms with Crippen LogP contribution in [-0.2, 0) is 4.79 Å². The number of carbonyl (C=O) groups excluding carboxylic acids is 2. The average Bonchev–Trinajstić information content (AvgIpc) is 3.15. The zero-order valence-electron chi connectivity index (χ0n) is 17.5. The zero-order valence-corrected chi connectivity index (χ0v) is 17.5. The quantitative estimate of drug-likeness (QED) is 0.744. The molecule has 2 N–H and O–H groups in total. The summed E-state index contributed by atoms with van der Waals surface area (Å²) in [6.07, 6.45) is 0.242. The Labute approximate surface area is 181 Å². The van der Waals surface area contributed by atoms with E-state index >= 15 is 0 Å². The number of nitrogens with zero attached hydrogens (tertiary/aromatic N) is 3. The fourth-order valence-electron chi connectivity index (χ4n) is 4.11. The lowest BCUT2D eigenvalue weighted by atomic mass is 10.2. The predicted molar refractivity (Wildman–Crippen MR) is 119 cm³/mol. The van der Waals surface area contributed by atoms with E-state index in [1.54, 1.807) is 17.0 Å². The van der Waals surface area contributed by atoms with E-state index in [2.05, 4.69) is 44.7 Å². The fraction of sp³-hybridized carbons (Fsp3) is 0.391. The van der Waals surface area contributed by atoms with Crippen LogP contribution < -0.4 is 20.4 Å². The monoisotopic (exact) mass is 425 g/mol. The maximum absolute atomic E-state index is 13.1. The van der Waals surface area contributed by atoms with Gasteiger partial charge in [-0.05, 0) is 36.4 Å². The highest BCUT2D eigenvalue weighted by molar-refractivity contribution is 5.96. The van der Waals surface area contributed by atoms with Gasteiger partial charge in [0, 0.05) is 63.6 Å². The third kappa shape index (κ3) is 5.52. The molecule has 0 aliphatic carbocycles. The van der Waals surface area contributed by atoms with Gasteiger partial charge in [0.05, 0.1) is 6.04 Å². The van der Waals surface area contributed by atoms with Crippen LogP contribution in [-0.4, -0.2) is 68.7 Å². The molecule has 2 aromatic rings. The molecule has 0 radical (unpaired) electrons. The normalized spacial score (nSPS) is 19.5. The Bertz CT molecular complexity index is 885. The van der Waals surface area contributed by atoms with Gasteiger partial charge in [-0.2, -0.15) is 0 Å². The number of benzene rings is 2. The van der Waals surface area contributed by atoms with Crippen LogP contribution in [0.4, 0.5) is 20.6 Å². The average molecular weight is 426 g/mol. The second-order valence-electron chi connectivity index (χ2n) is 7.95.